The van der Waals surface area contributed by atoms with Gasteiger partial charge < -0.3 is 35.8 Å². The SMILES string of the molecule is CCC(C)(C)N(C(=O)C(CC(N)=O)NC(=O)OC(C)(C)C)C(C(=O)NCC(=O)OC)c1cccc(C)c1O. The molecule has 0 aromatic heterocycles. The van der Waals surface area contributed by atoms with Crippen molar-refractivity contribution in [3.8, 4) is 5.75 Å². The molecule has 0 aliphatic heterocycles. The quantitative estimate of drug-likeness (QED) is 0.309. The molecule has 4 amide bonds. The van der Waals surface area contributed by atoms with Crippen LogP contribution in [0.3, 0.4) is 0 Å². The smallest absolute Gasteiger partial charge is 0.408 e. The van der Waals surface area contributed by atoms with Crippen molar-refractivity contribution < 1.29 is 38.6 Å². The van der Waals surface area contributed by atoms with E-state index in [9.17, 15) is 29.1 Å². The molecule has 1 aromatic carbocycles. The highest BCUT2D eigenvalue weighted by atomic mass is 16.6. The second-order valence-electron chi connectivity index (χ2n) is 10.5. The summed E-state index contributed by atoms with van der Waals surface area (Å²) in [6.07, 6.45) is -1.21. The first-order valence-corrected chi connectivity index (χ1v) is 12.2. The zero-order valence-corrected chi connectivity index (χ0v) is 23.3. The number of rotatable bonds is 11. The maximum atomic E-state index is 14.1. The molecule has 212 valence electrons. The largest absolute Gasteiger partial charge is 0.507 e. The number of para-hydroxylation sites is 1. The van der Waals surface area contributed by atoms with Crippen LogP contribution in [0.4, 0.5) is 4.79 Å². The first kappa shape index (κ1) is 32.2. The number of carbonyl (C=O) groups is 5. The zero-order chi connectivity index (χ0) is 29.4. The van der Waals surface area contributed by atoms with Gasteiger partial charge in [0.05, 0.1) is 13.5 Å². The zero-order valence-electron chi connectivity index (χ0n) is 23.3. The second-order valence-corrected chi connectivity index (χ2v) is 10.5. The monoisotopic (exact) mass is 536 g/mol. The Morgan fingerprint density at radius 2 is 1.71 bits per heavy atom. The van der Waals surface area contributed by atoms with Crippen molar-refractivity contribution in [2.24, 2.45) is 5.73 Å². The highest BCUT2D eigenvalue weighted by Crippen LogP contribution is 2.37. The van der Waals surface area contributed by atoms with Gasteiger partial charge >= 0.3 is 12.1 Å². The van der Waals surface area contributed by atoms with Gasteiger partial charge in [-0.2, -0.15) is 0 Å². The summed E-state index contributed by atoms with van der Waals surface area (Å²) < 4.78 is 9.85. The van der Waals surface area contributed by atoms with Crippen molar-refractivity contribution in [2.75, 3.05) is 13.7 Å². The number of hydrogen-bond donors (Lipinski definition) is 4. The van der Waals surface area contributed by atoms with Crippen LogP contribution in [0, 0.1) is 6.92 Å². The minimum atomic E-state index is -1.49. The Morgan fingerprint density at radius 1 is 1.11 bits per heavy atom. The van der Waals surface area contributed by atoms with Crippen LogP contribution in [-0.4, -0.2) is 70.6 Å². The number of nitrogens with one attached hydrogen (secondary N) is 2. The minimum Gasteiger partial charge on any atom is -0.507 e. The summed E-state index contributed by atoms with van der Waals surface area (Å²) in [5, 5.41) is 15.7. The molecule has 0 spiro atoms. The molecule has 5 N–H and O–H groups in total. The minimum absolute atomic E-state index is 0.0809. The normalized spacial score (nSPS) is 13.1. The Balaban J connectivity index is 3.73. The Kier molecular flexibility index (Phi) is 11.1. The van der Waals surface area contributed by atoms with Crippen LogP contribution in [0.5, 0.6) is 5.75 Å². The van der Waals surface area contributed by atoms with E-state index in [-0.39, 0.29) is 11.3 Å². The molecule has 0 saturated carbocycles. The summed E-state index contributed by atoms with van der Waals surface area (Å²) >= 11 is 0. The van der Waals surface area contributed by atoms with Crippen LogP contribution >= 0.6 is 0 Å². The van der Waals surface area contributed by atoms with E-state index in [1.54, 1.807) is 60.6 Å². The third-order valence-electron chi connectivity index (χ3n) is 5.85. The average Bonchev–Trinajstić information content (AvgIpc) is 2.80. The topological polar surface area (TPSA) is 177 Å². The Bertz CT molecular complexity index is 1050. The molecule has 2 atom stereocenters. The fourth-order valence-corrected chi connectivity index (χ4v) is 3.59. The third kappa shape index (κ3) is 8.93. The number of benzene rings is 1. The van der Waals surface area contributed by atoms with E-state index in [1.807, 2.05) is 0 Å². The molecule has 0 aliphatic carbocycles. The number of aryl methyl sites for hydroxylation is 1. The lowest BCUT2D eigenvalue weighted by molar-refractivity contribution is -0.150. The van der Waals surface area contributed by atoms with Gasteiger partial charge in [-0.3, -0.25) is 19.2 Å². The molecule has 0 fully saturated rings. The van der Waals surface area contributed by atoms with Gasteiger partial charge in [-0.05, 0) is 53.5 Å². The van der Waals surface area contributed by atoms with Crippen LogP contribution in [0.25, 0.3) is 0 Å². The molecule has 2 unspecified atom stereocenters. The van der Waals surface area contributed by atoms with E-state index in [0.29, 0.717) is 12.0 Å². The van der Waals surface area contributed by atoms with Gasteiger partial charge in [0.15, 0.2) is 0 Å². The number of phenolic OH excluding ortho intramolecular Hbond substituents is 1. The van der Waals surface area contributed by atoms with Crippen molar-refractivity contribution in [3.63, 3.8) is 0 Å². The molecule has 38 heavy (non-hydrogen) atoms. The van der Waals surface area contributed by atoms with Gasteiger partial charge in [-0.25, -0.2) is 4.79 Å². The van der Waals surface area contributed by atoms with Crippen LogP contribution in [0.1, 0.15) is 71.6 Å². The molecule has 1 rings (SSSR count). The van der Waals surface area contributed by atoms with Gasteiger partial charge in [0.1, 0.15) is 30.0 Å². The van der Waals surface area contributed by atoms with E-state index < -0.39 is 66.0 Å². The number of hydrogen-bond acceptors (Lipinski definition) is 8. The van der Waals surface area contributed by atoms with Crippen LogP contribution in [0.2, 0.25) is 0 Å². The summed E-state index contributed by atoms with van der Waals surface area (Å²) in [7, 11) is 1.16. The summed E-state index contributed by atoms with van der Waals surface area (Å²) in [6, 6.07) is 1.75. The highest BCUT2D eigenvalue weighted by molar-refractivity contribution is 5.96. The highest BCUT2D eigenvalue weighted by Gasteiger charge is 2.44. The summed E-state index contributed by atoms with van der Waals surface area (Å²) in [5.41, 5.74) is 3.97. The lowest BCUT2D eigenvalue weighted by Gasteiger charge is -2.44. The molecular weight excluding hydrogens is 496 g/mol. The van der Waals surface area contributed by atoms with Crippen molar-refractivity contribution in [2.45, 2.75) is 84.5 Å². The Hall–Kier alpha value is -3.83. The number of primary amides is 1. The second kappa shape index (κ2) is 13.1. The predicted octanol–water partition coefficient (Wildman–Crippen LogP) is 1.82. The van der Waals surface area contributed by atoms with Crippen LogP contribution < -0.4 is 16.4 Å². The predicted molar refractivity (Wildman–Crippen MR) is 139 cm³/mol. The molecular formula is C26H40N4O8. The molecule has 0 radical (unpaired) electrons. The van der Waals surface area contributed by atoms with Crippen molar-refractivity contribution in [1.82, 2.24) is 15.5 Å². The standard InChI is InChI=1S/C26H40N4O8/c1-9-26(6,7)30(23(35)17(13-18(27)31)29-24(36)38-25(3,4)5)20(22(34)28-14-19(32)37-8)16-12-10-11-15(2)21(16)33/h10-12,17,20,33H,9,13-14H2,1-8H3,(H2,27,31)(H,28,34)(H,29,36). The number of ether oxygens (including phenoxy) is 2. The molecule has 1 aromatic rings. The Labute approximate surface area is 223 Å². The number of amides is 4. The van der Waals surface area contributed by atoms with E-state index >= 15 is 0 Å². The number of methoxy groups -OCH3 is 1. The molecule has 0 heterocycles. The van der Waals surface area contributed by atoms with Crippen LogP contribution in [-0.2, 0) is 28.7 Å². The van der Waals surface area contributed by atoms with Gasteiger partial charge in [-0.15, -0.1) is 0 Å². The number of aromatic hydroxyl groups is 1. The maximum absolute atomic E-state index is 14.1. The van der Waals surface area contributed by atoms with E-state index in [1.165, 1.54) is 11.0 Å². The van der Waals surface area contributed by atoms with Crippen molar-refractivity contribution in [1.29, 1.82) is 0 Å². The van der Waals surface area contributed by atoms with E-state index in [4.69, 9.17) is 10.5 Å². The van der Waals surface area contributed by atoms with Crippen LogP contribution in [0.15, 0.2) is 18.2 Å². The molecule has 0 saturated heterocycles. The average molecular weight is 537 g/mol. The van der Waals surface area contributed by atoms with Gasteiger partial charge in [0.2, 0.25) is 17.7 Å². The first-order chi connectivity index (χ1) is 17.4. The number of phenols is 1. The number of nitrogens with zero attached hydrogens (tertiary/aromatic N) is 1. The lowest BCUT2D eigenvalue weighted by Crippen LogP contribution is -2.60. The van der Waals surface area contributed by atoms with Crippen molar-refractivity contribution >= 4 is 29.8 Å². The molecule has 12 heteroatoms. The Morgan fingerprint density at radius 3 is 2.21 bits per heavy atom. The molecule has 12 nitrogen and oxygen atoms in total. The molecule has 0 aliphatic rings. The van der Waals surface area contributed by atoms with Gasteiger partial charge in [0.25, 0.3) is 0 Å². The third-order valence-corrected chi connectivity index (χ3v) is 5.85. The number of esters is 1. The van der Waals surface area contributed by atoms with E-state index in [2.05, 4.69) is 15.4 Å². The number of carbonyl (C=O) groups excluding carboxylic acids is 5. The fraction of sp³-hybridized carbons (Fsp3) is 0.577. The number of alkyl carbamates (subject to hydrolysis) is 1. The van der Waals surface area contributed by atoms with Gasteiger partial charge in [0, 0.05) is 11.1 Å². The first-order valence-electron chi connectivity index (χ1n) is 12.2. The summed E-state index contributed by atoms with van der Waals surface area (Å²) in [4.78, 5) is 65.0. The van der Waals surface area contributed by atoms with E-state index in [0.717, 1.165) is 7.11 Å². The number of nitrogens with two attached hydrogens (primary N) is 1. The lowest BCUT2D eigenvalue weighted by atomic mass is 9.90. The summed E-state index contributed by atoms with van der Waals surface area (Å²) in [6.45, 7) is 11.2. The van der Waals surface area contributed by atoms with Crippen molar-refractivity contribution in [3.05, 3.63) is 29.3 Å². The summed E-state index contributed by atoms with van der Waals surface area (Å²) in [5.74, 6) is -3.45. The molecule has 0 bridgehead atoms. The maximum Gasteiger partial charge on any atom is 0.408 e. The van der Waals surface area contributed by atoms with Gasteiger partial charge in [-0.1, -0.05) is 25.1 Å². The fourth-order valence-electron chi connectivity index (χ4n) is 3.59.